The van der Waals surface area contributed by atoms with Crippen molar-refractivity contribution in [1.29, 1.82) is 5.26 Å². The van der Waals surface area contributed by atoms with E-state index in [1.54, 1.807) is 0 Å². The predicted molar refractivity (Wildman–Crippen MR) is 45.4 cm³/mol. The standard InChI is InChI=1S/C7H12N2O.ClH/c1-2-3-4-7(10)9-6-5-8;/h2-4,6H2,1H3,(H,9,10);1H. The van der Waals surface area contributed by atoms with E-state index < -0.39 is 0 Å². The molecule has 0 rings (SSSR count). The molecule has 0 aliphatic rings. The Morgan fingerprint density at radius 1 is 1.64 bits per heavy atom. The molecule has 0 aliphatic heterocycles. The van der Waals surface area contributed by atoms with Gasteiger partial charge < -0.3 is 5.32 Å². The van der Waals surface area contributed by atoms with E-state index in [0.717, 1.165) is 12.8 Å². The minimum atomic E-state index is -0.0246. The Labute approximate surface area is 73.2 Å². The number of nitrogens with one attached hydrogen (secondary N) is 1. The van der Waals surface area contributed by atoms with E-state index in [0.29, 0.717) is 6.42 Å². The highest BCUT2D eigenvalue weighted by atomic mass is 35.5. The van der Waals surface area contributed by atoms with Gasteiger partial charge in [0, 0.05) is 6.42 Å². The number of nitriles is 1. The third kappa shape index (κ3) is 9.25. The van der Waals surface area contributed by atoms with Crippen LogP contribution in [-0.4, -0.2) is 12.5 Å². The number of halogens is 1. The molecule has 4 heteroatoms. The van der Waals surface area contributed by atoms with Gasteiger partial charge in [0.1, 0.15) is 6.54 Å². The van der Waals surface area contributed by atoms with Crippen molar-refractivity contribution in [2.75, 3.05) is 6.54 Å². The maximum atomic E-state index is 10.7. The Balaban J connectivity index is 0. The van der Waals surface area contributed by atoms with Gasteiger partial charge in [0.15, 0.2) is 0 Å². The lowest BCUT2D eigenvalue weighted by Crippen LogP contribution is -2.22. The monoisotopic (exact) mass is 176 g/mol. The second-order valence-corrected chi connectivity index (χ2v) is 2.04. The lowest BCUT2D eigenvalue weighted by atomic mass is 10.2. The molecule has 0 radical (unpaired) electrons. The first-order chi connectivity index (χ1) is 4.81. The molecule has 0 bridgehead atoms. The van der Waals surface area contributed by atoms with E-state index in [-0.39, 0.29) is 24.9 Å². The molecule has 0 atom stereocenters. The number of carbonyl (C=O) groups excluding carboxylic acids is 1. The number of amides is 1. The van der Waals surface area contributed by atoms with Crippen molar-refractivity contribution in [3.63, 3.8) is 0 Å². The van der Waals surface area contributed by atoms with Crippen LogP contribution < -0.4 is 5.32 Å². The van der Waals surface area contributed by atoms with E-state index in [4.69, 9.17) is 5.26 Å². The fourth-order valence-corrected chi connectivity index (χ4v) is 0.564. The van der Waals surface area contributed by atoms with Crippen molar-refractivity contribution >= 4 is 18.3 Å². The summed E-state index contributed by atoms with van der Waals surface area (Å²) in [4.78, 5) is 10.7. The lowest BCUT2D eigenvalue weighted by molar-refractivity contribution is -0.120. The molecule has 11 heavy (non-hydrogen) atoms. The van der Waals surface area contributed by atoms with Gasteiger partial charge in [-0.05, 0) is 6.42 Å². The first-order valence-electron chi connectivity index (χ1n) is 3.45. The third-order valence-electron chi connectivity index (χ3n) is 1.12. The molecule has 3 nitrogen and oxygen atoms in total. The van der Waals surface area contributed by atoms with Crippen LogP contribution >= 0.6 is 12.4 Å². The van der Waals surface area contributed by atoms with Crippen molar-refractivity contribution < 1.29 is 4.79 Å². The van der Waals surface area contributed by atoms with Crippen LogP contribution in [0.15, 0.2) is 0 Å². The summed E-state index contributed by atoms with van der Waals surface area (Å²) < 4.78 is 0. The van der Waals surface area contributed by atoms with Crippen LogP contribution in [0.2, 0.25) is 0 Å². The summed E-state index contributed by atoms with van der Waals surface area (Å²) in [6.07, 6.45) is 2.45. The molecule has 0 fully saturated rings. The molecule has 0 unspecified atom stereocenters. The van der Waals surface area contributed by atoms with Crippen molar-refractivity contribution in [2.24, 2.45) is 0 Å². The van der Waals surface area contributed by atoms with Gasteiger partial charge in [-0.15, -0.1) is 12.4 Å². The summed E-state index contributed by atoms with van der Waals surface area (Å²) in [5, 5.41) is 10.5. The zero-order valence-electron chi connectivity index (χ0n) is 6.59. The number of carbonyl (C=O) groups is 1. The smallest absolute Gasteiger partial charge is 0.220 e. The number of unbranched alkanes of at least 4 members (excludes halogenated alkanes) is 1. The second kappa shape index (κ2) is 9.25. The average molecular weight is 177 g/mol. The lowest BCUT2D eigenvalue weighted by Gasteiger charge is -1.97. The fourth-order valence-electron chi connectivity index (χ4n) is 0.564. The predicted octanol–water partition coefficient (Wildman–Crippen LogP) is 1.24. The van der Waals surface area contributed by atoms with Gasteiger partial charge in [-0.2, -0.15) is 5.26 Å². The molecule has 0 heterocycles. The molecule has 1 amide bonds. The zero-order valence-corrected chi connectivity index (χ0v) is 7.41. The summed E-state index contributed by atoms with van der Waals surface area (Å²) in [7, 11) is 0. The number of nitrogens with zero attached hydrogens (tertiary/aromatic N) is 1. The molecule has 0 aromatic heterocycles. The third-order valence-corrected chi connectivity index (χ3v) is 1.12. The SMILES string of the molecule is CCCCC(=O)NCC#N.Cl. The van der Waals surface area contributed by atoms with E-state index in [2.05, 4.69) is 5.32 Å². The molecule has 0 aliphatic carbocycles. The summed E-state index contributed by atoms with van der Waals surface area (Å²) in [6, 6.07) is 1.84. The Hall–Kier alpha value is -0.750. The second-order valence-electron chi connectivity index (χ2n) is 2.04. The summed E-state index contributed by atoms with van der Waals surface area (Å²) in [6.45, 7) is 2.15. The van der Waals surface area contributed by atoms with Crippen LogP contribution in [-0.2, 0) is 4.79 Å². The number of rotatable bonds is 4. The van der Waals surface area contributed by atoms with E-state index >= 15 is 0 Å². The summed E-state index contributed by atoms with van der Waals surface area (Å²) in [5.74, 6) is -0.0246. The highest BCUT2D eigenvalue weighted by Gasteiger charge is 1.96. The maximum absolute atomic E-state index is 10.7. The van der Waals surface area contributed by atoms with Gasteiger partial charge in [0.2, 0.25) is 5.91 Å². The zero-order chi connectivity index (χ0) is 7.82. The number of hydrogen-bond donors (Lipinski definition) is 1. The van der Waals surface area contributed by atoms with Gasteiger partial charge in [0.25, 0.3) is 0 Å². The van der Waals surface area contributed by atoms with Crippen molar-refractivity contribution in [3.8, 4) is 6.07 Å². The van der Waals surface area contributed by atoms with Crippen LogP contribution in [0.5, 0.6) is 0 Å². The Bertz CT molecular complexity index is 142. The van der Waals surface area contributed by atoms with Crippen LogP contribution in [0.1, 0.15) is 26.2 Å². The minimum Gasteiger partial charge on any atom is -0.343 e. The van der Waals surface area contributed by atoms with Gasteiger partial charge in [-0.25, -0.2) is 0 Å². The first kappa shape index (κ1) is 12.9. The van der Waals surface area contributed by atoms with E-state index in [1.807, 2.05) is 13.0 Å². The Morgan fingerprint density at radius 3 is 2.73 bits per heavy atom. The summed E-state index contributed by atoms with van der Waals surface area (Å²) >= 11 is 0. The molecule has 0 saturated heterocycles. The average Bonchev–Trinajstić information content (AvgIpc) is 1.97. The fraction of sp³-hybridized carbons (Fsp3) is 0.714. The molecule has 0 aromatic carbocycles. The van der Waals surface area contributed by atoms with Gasteiger partial charge in [-0.1, -0.05) is 13.3 Å². The van der Waals surface area contributed by atoms with Crippen LogP contribution in [0.25, 0.3) is 0 Å². The topological polar surface area (TPSA) is 52.9 Å². The molecule has 0 aromatic rings. The quantitative estimate of drug-likeness (QED) is 0.656. The van der Waals surface area contributed by atoms with Gasteiger partial charge >= 0.3 is 0 Å². The molecular formula is C7H13ClN2O. The van der Waals surface area contributed by atoms with E-state index in [9.17, 15) is 4.79 Å². The highest BCUT2D eigenvalue weighted by Crippen LogP contribution is 1.91. The molecule has 64 valence electrons. The normalized spacial score (nSPS) is 7.64. The minimum absolute atomic E-state index is 0. The largest absolute Gasteiger partial charge is 0.343 e. The summed E-state index contributed by atoms with van der Waals surface area (Å²) in [5.41, 5.74) is 0. The van der Waals surface area contributed by atoms with Crippen molar-refractivity contribution in [3.05, 3.63) is 0 Å². The highest BCUT2D eigenvalue weighted by molar-refractivity contribution is 5.85. The molecule has 0 spiro atoms. The van der Waals surface area contributed by atoms with E-state index in [1.165, 1.54) is 0 Å². The Kier molecular flexibility index (Phi) is 10.8. The van der Waals surface area contributed by atoms with Crippen LogP contribution in [0, 0.1) is 11.3 Å². The van der Waals surface area contributed by atoms with Crippen molar-refractivity contribution in [1.82, 2.24) is 5.32 Å². The number of hydrogen-bond acceptors (Lipinski definition) is 2. The molecule has 1 N–H and O–H groups in total. The van der Waals surface area contributed by atoms with Crippen LogP contribution in [0.4, 0.5) is 0 Å². The first-order valence-corrected chi connectivity index (χ1v) is 3.45. The molecule has 0 saturated carbocycles. The van der Waals surface area contributed by atoms with Crippen LogP contribution in [0.3, 0.4) is 0 Å². The van der Waals surface area contributed by atoms with Gasteiger partial charge in [0.05, 0.1) is 6.07 Å². The Morgan fingerprint density at radius 2 is 2.27 bits per heavy atom. The van der Waals surface area contributed by atoms with Crippen molar-refractivity contribution in [2.45, 2.75) is 26.2 Å². The van der Waals surface area contributed by atoms with Gasteiger partial charge in [-0.3, -0.25) is 4.79 Å². The molecular weight excluding hydrogens is 164 g/mol. The maximum Gasteiger partial charge on any atom is 0.220 e.